The topological polar surface area (TPSA) is 64.9 Å². The highest BCUT2D eigenvalue weighted by atomic mass is 19.4. The van der Waals surface area contributed by atoms with Crippen LogP contribution in [0.15, 0.2) is 24.3 Å². The number of anilines is 1. The van der Waals surface area contributed by atoms with Gasteiger partial charge >= 0.3 is 12.2 Å². The van der Waals surface area contributed by atoms with Crippen LogP contribution >= 0.6 is 0 Å². The number of hydrogen-bond acceptors (Lipinski definition) is 2. The molecule has 0 saturated carbocycles. The number of rotatable bonds is 5. The number of nitrogens with one attached hydrogen (secondary N) is 2. The van der Waals surface area contributed by atoms with E-state index >= 15 is 0 Å². The quantitative estimate of drug-likeness (QED) is 0.813. The van der Waals surface area contributed by atoms with Gasteiger partial charge in [0, 0.05) is 18.7 Å². The lowest BCUT2D eigenvalue weighted by atomic mass is 10.2. The lowest BCUT2D eigenvalue weighted by Crippen LogP contribution is -2.29. The number of nitriles is 1. The minimum absolute atomic E-state index is 0.0781. The molecular formula is C13H14F3N3O. The molecule has 20 heavy (non-hydrogen) atoms. The number of carbonyl (C=O) groups excluding carboxylic acids is 1. The first kappa shape index (κ1) is 15.8. The summed E-state index contributed by atoms with van der Waals surface area (Å²) < 4.78 is 37.4. The van der Waals surface area contributed by atoms with E-state index in [1.807, 2.05) is 6.07 Å². The number of carbonyl (C=O) groups is 1. The van der Waals surface area contributed by atoms with Crippen LogP contribution in [0.1, 0.15) is 24.8 Å². The van der Waals surface area contributed by atoms with Gasteiger partial charge in [-0.25, -0.2) is 4.79 Å². The summed E-state index contributed by atoms with van der Waals surface area (Å²) in [4.78, 5) is 11.4. The van der Waals surface area contributed by atoms with Crippen LogP contribution in [-0.2, 0) is 6.18 Å². The summed E-state index contributed by atoms with van der Waals surface area (Å²) in [6, 6.07) is 5.83. The molecule has 2 N–H and O–H groups in total. The summed E-state index contributed by atoms with van der Waals surface area (Å²) in [7, 11) is 0. The largest absolute Gasteiger partial charge is 0.416 e. The van der Waals surface area contributed by atoms with Crippen molar-refractivity contribution in [1.82, 2.24) is 5.32 Å². The molecule has 1 rings (SSSR count). The predicted molar refractivity (Wildman–Crippen MR) is 67.9 cm³/mol. The molecule has 108 valence electrons. The second kappa shape index (κ2) is 7.38. The molecule has 0 aromatic heterocycles. The van der Waals surface area contributed by atoms with Crippen LogP contribution in [0.3, 0.4) is 0 Å². The summed E-state index contributed by atoms with van der Waals surface area (Å²) in [6.07, 6.45) is -2.72. The fraction of sp³-hybridized carbons (Fsp3) is 0.385. The van der Waals surface area contributed by atoms with Gasteiger partial charge in [-0.2, -0.15) is 18.4 Å². The maximum absolute atomic E-state index is 12.5. The van der Waals surface area contributed by atoms with Crippen molar-refractivity contribution in [2.45, 2.75) is 25.4 Å². The minimum Gasteiger partial charge on any atom is -0.338 e. The van der Waals surface area contributed by atoms with Crippen molar-refractivity contribution in [3.05, 3.63) is 29.8 Å². The average molecular weight is 285 g/mol. The summed E-state index contributed by atoms with van der Waals surface area (Å²) in [5.41, 5.74) is -0.737. The van der Waals surface area contributed by atoms with Crippen molar-refractivity contribution in [2.75, 3.05) is 11.9 Å². The molecule has 0 heterocycles. The Balaban J connectivity index is 2.44. The van der Waals surface area contributed by atoms with Crippen molar-refractivity contribution in [2.24, 2.45) is 0 Å². The lowest BCUT2D eigenvalue weighted by Gasteiger charge is -2.10. The Hall–Kier alpha value is -2.23. The number of hydrogen-bond donors (Lipinski definition) is 2. The smallest absolute Gasteiger partial charge is 0.338 e. The SMILES string of the molecule is N#CCCCCNC(=O)Nc1cccc(C(F)(F)F)c1. The van der Waals surface area contributed by atoms with E-state index < -0.39 is 17.8 Å². The van der Waals surface area contributed by atoms with Gasteiger partial charge in [-0.05, 0) is 31.0 Å². The Morgan fingerprint density at radius 1 is 1.30 bits per heavy atom. The molecule has 0 radical (unpaired) electrons. The number of nitrogens with zero attached hydrogens (tertiary/aromatic N) is 1. The van der Waals surface area contributed by atoms with Gasteiger partial charge in [-0.3, -0.25) is 0 Å². The summed E-state index contributed by atoms with van der Waals surface area (Å²) in [5, 5.41) is 13.2. The van der Waals surface area contributed by atoms with E-state index in [-0.39, 0.29) is 5.69 Å². The Bertz CT molecular complexity index is 494. The van der Waals surface area contributed by atoms with Crippen LogP contribution in [-0.4, -0.2) is 12.6 Å². The molecule has 0 aliphatic carbocycles. The molecule has 4 nitrogen and oxygen atoms in total. The molecule has 0 saturated heterocycles. The van der Waals surface area contributed by atoms with E-state index in [4.69, 9.17) is 5.26 Å². The highest BCUT2D eigenvalue weighted by Gasteiger charge is 2.30. The van der Waals surface area contributed by atoms with E-state index in [1.54, 1.807) is 0 Å². The number of benzene rings is 1. The van der Waals surface area contributed by atoms with Gasteiger partial charge in [-0.15, -0.1) is 0 Å². The molecule has 2 amide bonds. The van der Waals surface area contributed by atoms with Crippen molar-refractivity contribution >= 4 is 11.7 Å². The van der Waals surface area contributed by atoms with Gasteiger partial charge in [0.1, 0.15) is 0 Å². The van der Waals surface area contributed by atoms with Crippen molar-refractivity contribution in [3.63, 3.8) is 0 Å². The Kier molecular flexibility index (Phi) is 5.84. The molecule has 0 atom stereocenters. The maximum atomic E-state index is 12.5. The average Bonchev–Trinajstić information content (AvgIpc) is 2.38. The number of amides is 2. The second-order valence-electron chi connectivity index (χ2n) is 4.07. The third kappa shape index (κ3) is 5.61. The van der Waals surface area contributed by atoms with Crippen molar-refractivity contribution in [1.29, 1.82) is 5.26 Å². The second-order valence-corrected chi connectivity index (χ2v) is 4.07. The first-order valence-electron chi connectivity index (χ1n) is 6.02. The molecule has 0 unspecified atom stereocenters. The van der Waals surface area contributed by atoms with Crippen LogP contribution in [0.2, 0.25) is 0 Å². The van der Waals surface area contributed by atoms with Crippen LogP contribution in [0.5, 0.6) is 0 Å². The van der Waals surface area contributed by atoms with E-state index in [1.165, 1.54) is 12.1 Å². The third-order valence-electron chi connectivity index (χ3n) is 2.45. The summed E-state index contributed by atoms with van der Waals surface area (Å²) in [5.74, 6) is 0. The summed E-state index contributed by atoms with van der Waals surface area (Å²) in [6.45, 7) is 0.368. The highest BCUT2D eigenvalue weighted by Crippen LogP contribution is 2.30. The Morgan fingerprint density at radius 3 is 2.70 bits per heavy atom. The standard InChI is InChI=1S/C13H14F3N3O/c14-13(15,16)10-5-4-6-11(9-10)19-12(20)18-8-3-1-2-7-17/h4-6,9H,1-3,8H2,(H2,18,19,20). The monoisotopic (exact) mass is 285 g/mol. The molecule has 0 bridgehead atoms. The fourth-order valence-corrected chi connectivity index (χ4v) is 1.48. The normalized spacial score (nSPS) is 10.7. The zero-order valence-corrected chi connectivity index (χ0v) is 10.6. The molecule has 1 aromatic rings. The van der Waals surface area contributed by atoms with Crippen molar-refractivity contribution in [3.8, 4) is 6.07 Å². The lowest BCUT2D eigenvalue weighted by molar-refractivity contribution is -0.137. The van der Waals surface area contributed by atoms with Crippen LogP contribution in [0.4, 0.5) is 23.7 Å². The van der Waals surface area contributed by atoms with Gasteiger partial charge in [0.05, 0.1) is 11.6 Å². The number of halogens is 3. The Labute approximate surface area is 114 Å². The molecule has 1 aromatic carbocycles. The Morgan fingerprint density at radius 2 is 2.05 bits per heavy atom. The number of alkyl halides is 3. The molecule has 7 heteroatoms. The van der Waals surface area contributed by atoms with E-state index in [0.717, 1.165) is 12.1 Å². The number of urea groups is 1. The first-order valence-corrected chi connectivity index (χ1v) is 6.02. The highest BCUT2D eigenvalue weighted by molar-refractivity contribution is 5.89. The van der Waals surface area contributed by atoms with Crippen LogP contribution < -0.4 is 10.6 Å². The molecular weight excluding hydrogens is 271 g/mol. The van der Waals surface area contributed by atoms with E-state index in [2.05, 4.69) is 10.6 Å². The molecule has 0 spiro atoms. The zero-order valence-electron chi connectivity index (χ0n) is 10.6. The minimum atomic E-state index is -4.44. The van der Waals surface area contributed by atoms with Gasteiger partial charge in [0.15, 0.2) is 0 Å². The third-order valence-corrected chi connectivity index (χ3v) is 2.45. The zero-order chi connectivity index (χ0) is 15.0. The first-order chi connectivity index (χ1) is 9.43. The summed E-state index contributed by atoms with van der Waals surface area (Å²) >= 11 is 0. The fourth-order valence-electron chi connectivity index (χ4n) is 1.48. The molecule has 0 aliphatic rings. The van der Waals surface area contributed by atoms with Gasteiger partial charge < -0.3 is 10.6 Å². The van der Waals surface area contributed by atoms with Gasteiger partial charge in [0.25, 0.3) is 0 Å². The molecule has 0 fully saturated rings. The van der Waals surface area contributed by atoms with Gasteiger partial charge in [0.2, 0.25) is 0 Å². The van der Waals surface area contributed by atoms with Crippen molar-refractivity contribution < 1.29 is 18.0 Å². The predicted octanol–water partition coefficient (Wildman–Crippen LogP) is 3.52. The van der Waals surface area contributed by atoms with Crippen LogP contribution in [0, 0.1) is 11.3 Å². The van der Waals surface area contributed by atoms with Gasteiger partial charge in [-0.1, -0.05) is 6.07 Å². The maximum Gasteiger partial charge on any atom is 0.416 e. The molecule has 0 aliphatic heterocycles. The van der Waals surface area contributed by atoms with E-state index in [9.17, 15) is 18.0 Å². The number of unbranched alkanes of at least 4 members (excludes halogenated alkanes) is 2. The van der Waals surface area contributed by atoms with E-state index in [0.29, 0.717) is 25.8 Å². The van der Waals surface area contributed by atoms with Crippen LogP contribution in [0.25, 0.3) is 0 Å².